The zero-order valence-corrected chi connectivity index (χ0v) is 5.97. The summed E-state index contributed by atoms with van der Waals surface area (Å²) in [6.45, 7) is 0.425. The highest BCUT2D eigenvalue weighted by molar-refractivity contribution is 5.77. The summed E-state index contributed by atoms with van der Waals surface area (Å²) >= 11 is 0. The van der Waals surface area contributed by atoms with Crippen LogP contribution in [-0.4, -0.2) is 13.1 Å². The molecule has 0 atom stereocenters. The third kappa shape index (κ3) is 1.23. The number of benzene rings is 1. The van der Waals surface area contributed by atoms with Gasteiger partial charge in [0.2, 0.25) is 0 Å². The monoisotopic (exact) mass is 148 g/mol. The number of para-hydroxylation sites is 1. The Morgan fingerprint density at radius 3 is 2.73 bits per heavy atom. The predicted octanol–water partition coefficient (Wildman–Crippen LogP) is 1.42. The van der Waals surface area contributed by atoms with Crippen LogP contribution in [0.2, 0.25) is 0 Å². The normalized spacial score (nSPS) is 15.8. The van der Waals surface area contributed by atoms with E-state index < -0.39 is 0 Å². The van der Waals surface area contributed by atoms with Crippen LogP contribution in [0.3, 0.4) is 0 Å². The lowest BCUT2D eigenvalue weighted by Gasteiger charge is -2.11. The first-order chi connectivity index (χ1) is 5.47. The van der Waals surface area contributed by atoms with Crippen LogP contribution in [0.25, 0.3) is 0 Å². The third-order valence-electron chi connectivity index (χ3n) is 1.47. The average Bonchev–Trinajstić information content (AvgIpc) is 2.58. The molecule has 0 N–H and O–H groups in total. The largest absolute Gasteiger partial charge is 0.244 e. The maximum Gasteiger partial charge on any atom is 0.167 e. The molecule has 1 aromatic rings. The van der Waals surface area contributed by atoms with E-state index in [0.29, 0.717) is 6.73 Å². The van der Waals surface area contributed by atoms with E-state index in [-0.39, 0.29) is 0 Å². The van der Waals surface area contributed by atoms with Gasteiger partial charge in [-0.1, -0.05) is 18.2 Å². The Morgan fingerprint density at radius 1 is 1.27 bits per heavy atom. The van der Waals surface area contributed by atoms with E-state index in [9.17, 15) is 0 Å². The predicted molar refractivity (Wildman–Crippen MR) is 43.4 cm³/mol. The van der Waals surface area contributed by atoms with Gasteiger partial charge in [0.15, 0.2) is 6.73 Å². The Balaban J connectivity index is 2.23. The van der Waals surface area contributed by atoms with Gasteiger partial charge in [-0.2, -0.15) is 0 Å². The molecular formula is C8H8N2O. The van der Waals surface area contributed by atoms with Crippen LogP contribution in [0, 0.1) is 0 Å². The summed E-state index contributed by atoms with van der Waals surface area (Å²) in [6, 6.07) is 9.83. The van der Waals surface area contributed by atoms with Crippen molar-refractivity contribution in [3.05, 3.63) is 30.3 Å². The number of aliphatic imine (C=N–C) groups is 1. The number of hydrogen-bond donors (Lipinski definition) is 0. The molecule has 1 aromatic carbocycles. The molecule has 3 nitrogen and oxygen atoms in total. The van der Waals surface area contributed by atoms with Crippen molar-refractivity contribution in [1.82, 2.24) is 0 Å². The topological polar surface area (TPSA) is 24.8 Å². The van der Waals surface area contributed by atoms with Gasteiger partial charge in [-0.05, 0) is 12.1 Å². The van der Waals surface area contributed by atoms with Gasteiger partial charge in [0, 0.05) is 0 Å². The van der Waals surface area contributed by atoms with Gasteiger partial charge in [0.05, 0.1) is 5.69 Å². The van der Waals surface area contributed by atoms with Crippen LogP contribution < -0.4 is 5.06 Å². The summed E-state index contributed by atoms with van der Waals surface area (Å²) in [5, 5.41) is 1.65. The summed E-state index contributed by atoms with van der Waals surface area (Å²) in [4.78, 5) is 9.07. The van der Waals surface area contributed by atoms with E-state index in [4.69, 9.17) is 4.84 Å². The summed E-state index contributed by atoms with van der Waals surface area (Å²) in [5.41, 5.74) is 1.01. The molecule has 3 heteroatoms. The summed E-state index contributed by atoms with van der Waals surface area (Å²) in [5.74, 6) is 0. The molecule has 2 rings (SSSR count). The highest BCUT2D eigenvalue weighted by Crippen LogP contribution is 2.13. The van der Waals surface area contributed by atoms with Crippen molar-refractivity contribution >= 4 is 12.0 Å². The van der Waals surface area contributed by atoms with Gasteiger partial charge in [-0.3, -0.25) is 0 Å². The molecule has 0 radical (unpaired) electrons. The Bertz CT molecular complexity index is 258. The second-order valence-electron chi connectivity index (χ2n) is 2.22. The van der Waals surface area contributed by atoms with Gasteiger partial charge in [-0.15, -0.1) is 0 Å². The van der Waals surface area contributed by atoms with Gasteiger partial charge in [-0.25, -0.2) is 14.9 Å². The first-order valence-electron chi connectivity index (χ1n) is 3.44. The maximum atomic E-state index is 5.15. The van der Waals surface area contributed by atoms with Crippen molar-refractivity contribution < 1.29 is 4.84 Å². The van der Waals surface area contributed by atoms with Gasteiger partial charge < -0.3 is 0 Å². The molecule has 0 unspecified atom stereocenters. The standard InChI is InChI=1S/C8H8N2O/c1-2-4-8(5-3-1)10-6-9-7-11-10/h1-6H,7H2. The Hall–Kier alpha value is -1.35. The Morgan fingerprint density at radius 2 is 2.09 bits per heavy atom. The van der Waals surface area contributed by atoms with Gasteiger partial charge in [0.25, 0.3) is 0 Å². The SMILES string of the molecule is C1=NCON1c1ccccc1. The lowest BCUT2D eigenvalue weighted by atomic mass is 10.3. The Kier molecular flexibility index (Phi) is 1.57. The van der Waals surface area contributed by atoms with Crippen molar-refractivity contribution in [2.24, 2.45) is 4.99 Å². The number of rotatable bonds is 1. The van der Waals surface area contributed by atoms with Crippen molar-refractivity contribution in [2.45, 2.75) is 0 Å². The minimum absolute atomic E-state index is 0.425. The van der Waals surface area contributed by atoms with Crippen molar-refractivity contribution in [2.75, 3.05) is 11.8 Å². The van der Waals surface area contributed by atoms with E-state index in [2.05, 4.69) is 4.99 Å². The fraction of sp³-hybridized carbons (Fsp3) is 0.125. The fourth-order valence-corrected chi connectivity index (χ4v) is 0.952. The molecule has 1 heterocycles. The molecule has 1 aliphatic rings. The molecule has 0 saturated carbocycles. The number of anilines is 1. The highest BCUT2D eigenvalue weighted by atomic mass is 16.7. The minimum atomic E-state index is 0.425. The fourth-order valence-electron chi connectivity index (χ4n) is 0.952. The number of nitrogens with zero attached hydrogens (tertiary/aromatic N) is 2. The molecule has 0 spiro atoms. The van der Waals surface area contributed by atoms with Crippen LogP contribution in [-0.2, 0) is 4.84 Å². The molecule has 0 saturated heterocycles. The van der Waals surface area contributed by atoms with E-state index >= 15 is 0 Å². The van der Waals surface area contributed by atoms with Gasteiger partial charge >= 0.3 is 0 Å². The molecule has 0 bridgehead atoms. The molecular weight excluding hydrogens is 140 g/mol. The van der Waals surface area contributed by atoms with Crippen LogP contribution >= 0.6 is 0 Å². The van der Waals surface area contributed by atoms with Crippen LogP contribution in [0.15, 0.2) is 35.3 Å². The third-order valence-corrected chi connectivity index (χ3v) is 1.47. The summed E-state index contributed by atoms with van der Waals surface area (Å²) in [6.07, 6.45) is 1.68. The lowest BCUT2D eigenvalue weighted by molar-refractivity contribution is 0.174. The molecule has 0 fully saturated rings. The zero-order valence-electron chi connectivity index (χ0n) is 5.97. The zero-order chi connectivity index (χ0) is 7.52. The first kappa shape index (κ1) is 6.37. The number of hydrogen-bond acceptors (Lipinski definition) is 3. The molecule has 0 aromatic heterocycles. The molecule has 0 amide bonds. The molecule has 0 aliphatic carbocycles. The van der Waals surface area contributed by atoms with Gasteiger partial charge in [0.1, 0.15) is 6.34 Å². The second kappa shape index (κ2) is 2.72. The van der Waals surface area contributed by atoms with Crippen molar-refractivity contribution in [3.63, 3.8) is 0 Å². The van der Waals surface area contributed by atoms with Crippen LogP contribution in [0.5, 0.6) is 0 Å². The summed E-state index contributed by atoms with van der Waals surface area (Å²) < 4.78 is 0. The highest BCUT2D eigenvalue weighted by Gasteiger charge is 2.06. The quantitative estimate of drug-likeness (QED) is 0.601. The van der Waals surface area contributed by atoms with E-state index in [0.717, 1.165) is 5.69 Å². The molecule has 1 aliphatic heterocycles. The lowest BCUT2D eigenvalue weighted by Crippen LogP contribution is -2.14. The summed E-state index contributed by atoms with van der Waals surface area (Å²) in [7, 11) is 0. The van der Waals surface area contributed by atoms with E-state index in [1.165, 1.54) is 0 Å². The Labute approximate surface area is 64.9 Å². The van der Waals surface area contributed by atoms with Crippen LogP contribution in [0.1, 0.15) is 0 Å². The van der Waals surface area contributed by atoms with E-state index in [1.54, 1.807) is 11.4 Å². The van der Waals surface area contributed by atoms with Crippen molar-refractivity contribution in [3.8, 4) is 0 Å². The van der Waals surface area contributed by atoms with E-state index in [1.807, 2.05) is 30.3 Å². The first-order valence-corrected chi connectivity index (χ1v) is 3.44. The van der Waals surface area contributed by atoms with Crippen LogP contribution in [0.4, 0.5) is 5.69 Å². The number of hydroxylamine groups is 1. The second-order valence-corrected chi connectivity index (χ2v) is 2.22. The van der Waals surface area contributed by atoms with Crippen molar-refractivity contribution in [1.29, 1.82) is 0 Å². The molecule has 11 heavy (non-hydrogen) atoms. The maximum absolute atomic E-state index is 5.15. The smallest absolute Gasteiger partial charge is 0.167 e. The minimum Gasteiger partial charge on any atom is -0.244 e. The average molecular weight is 148 g/mol. The molecule has 56 valence electrons.